The Morgan fingerprint density at radius 1 is 1.14 bits per heavy atom. The molecule has 0 amide bonds. The first-order valence-electron chi connectivity index (χ1n) is 12.0. The molecule has 2 aromatic heterocycles. The Labute approximate surface area is 211 Å². The van der Waals surface area contributed by atoms with Gasteiger partial charge in [0, 0.05) is 37.5 Å². The van der Waals surface area contributed by atoms with Crippen molar-refractivity contribution in [2.24, 2.45) is 4.99 Å². The molecule has 0 atom stereocenters. The second kappa shape index (κ2) is 11.8. The smallest absolute Gasteiger partial charge is 0.270 e. The van der Waals surface area contributed by atoms with E-state index in [1.165, 1.54) is 24.7 Å². The van der Waals surface area contributed by atoms with E-state index in [9.17, 15) is 8.78 Å². The van der Waals surface area contributed by atoms with Crippen LogP contribution in [0.3, 0.4) is 0 Å². The van der Waals surface area contributed by atoms with Crippen molar-refractivity contribution in [3.63, 3.8) is 0 Å². The highest BCUT2D eigenvalue weighted by Crippen LogP contribution is 2.32. The van der Waals surface area contributed by atoms with Crippen molar-refractivity contribution < 1.29 is 13.5 Å². The summed E-state index contributed by atoms with van der Waals surface area (Å²) in [6.45, 7) is 11.5. The van der Waals surface area contributed by atoms with Crippen molar-refractivity contribution >= 4 is 23.4 Å². The largest absolute Gasteiger partial charge is 0.439 e. The van der Waals surface area contributed by atoms with Crippen LogP contribution in [0.15, 0.2) is 47.9 Å². The van der Waals surface area contributed by atoms with Crippen molar-refractivity contribution in [3.8, 4) is 11.6 Å². The number of benzene rings is 1. The van der Waals surface area contributed by atoms with Crippen LogP contribution in [0.25, 0.3) is 5.57 Å². The average molecular weight is 494 g/mol. The molecule has 8 heteroatoms. The van der Waals surface area contributed by atoms with Gasteiger partial charge in [-0.2, -0.15) is 0 Å². The summed E-state index contributed by atoms with van der Waals surface area (Å²) in [6.07, 6.45) is 8.30. The van der Waals surface area contributed by atoms with Gasteiger partial charge in [-0.15, -0.1) is 0 Å². The normalized spacial score (nSPS) is 12.3. The number of aromatic nitrogens is 3. The van der Waals surface area contributed by atoms with Gasteiger partial charge >= 0.3 is 0 Å². The van der Waals surface area contributed by atoms with E-state index in [4.69, 9.17) is 4.74 Å². The number of anilines is 1. The Kier molecular flexibility index (Phi) is 8.85. The third-order valence-corrected chi connectivity index (χ3v) is 5.83. The summed E-state index contributed by atoms with van der Waals surface area (Å²) in [5.74, 6) is -0.827. The third-order valence-electron chi connectivity index (χ3n) is 5.83. The maximum atomic E-state index is 13.7. The first-order chi connectivity index (χ1) is 17.1. The zero-order valence-electron chi connectivity index (χ0n) is 21.7. The van der Waals surface area contributed by atoms with Gasteiger partial charge in [0.15, 0.2) is 5.82 Å². The van der Waals surface area contributed by atoms with E-state index in [1.807, 2.05) is 53.0 Å². The maximum Gasteiger partial charge on any atom is 0.270 e. The molecule has 0 fully saturated rings. The van der Waals surface area contributed by atoms with E-state index in [1.54, 1.807) is 0 Å². The highest BCUT2D eigenvalue weighted by molar-refractivity contribution is 5.81. The summed E-state index contributed by atoms with van der Waals surface area (Å²) in [5.41, 5.74) is 4.90. The quantitative estimate of drug-likeness (QED) is 0.295. The Morgan fingerprint density at radius 3 is 2.61 bits per heavy atom. The predicted molar refractivity (Wildman–Crippen MR) is 142 cm³/mol. The molecule has 0 saturated carbocycles. The minimum Gasteiger partial charge on any atom is -0.439 e. The van der Waals surface area contributed by atoms with Crippen molar-refractivity contribution in [1.29, 1.82) is 0 Å². The molecule has 6 nitrogen and oxygen atoms in total. The molecule has 0 bridgehead atoms. The molecule has 0 aliphatic heterocycles. The fourth-order valence-electron chi connectivity index (χ4n) is 3.69. The van der Waals surface area contributed by atoms with Gasteiger partial charge < -0.3 is 10.1 Å². The molecule has 0 aliphatic rings. The number of pyridine rings is 1. The molecule has 36 heavy (non-hydrogen) atoms. The molecule has 190 valence electrons. The number of rotatable bonds is 10. The molecular weight excluding hydrogens is 460 g/mol. The monoisotopic (exact) mass is 493 g/mol. The molecular formula is C28H33F2N5O. The van der Waals surface area contributed by atoms with Crippen LogP contribution in [0.4, 0.5) is 20.4 Å². The fraction of sp³-hybridized carbons (Fsp3) is 0.357. The summed E-state index contributed by atoms with van der Waals surface area (Å²) < 4.78 is 33.2. The van der Waals surface area contributed by atoms with Gasteiger partial charge in [0.25, 0.3) is 5.92 Å². The van der Waals surface area contributed by atoms with Crippen LogP contribution in [0, 0.1) is 13.8 Å². The summed E-state index contributed by atoms with van der Waals surface area (Å²) in [7, 11) is 0. The molecule has 0 spiro atoms. The van der Waals surface area contributed by atoms with Gasteiger partial charge in [0.2, 0.25) is 5.88 Å². The second-order valence-corrected chi connectivity index (χ2v) is 8.71. The number of halogens is 2. The number of hydrogen-bond acceptors (Lipinski definition) is 6. The standard InChI is InChI=1S/C28H33F2N5O/c1-7-11-32-26-25(18(3)8-2)27(35-17-34-26)33-12-9-21-14-20(5)23(15-19(21)4)36-24-16-22(10-13-31-24)28(6,29)30/h8,10-11,13-17H,7,9,12H2,1-6H3,(H,33,34,35). The van der Waals surface area contributed by atoms with Crippen molar-refractivity contribution in [3.05, 3.63) is 70.7 Å². The Bertz CT molecular complexity index is 1270. The lowest BCUT2D eigenvalue weighted by atomic mass is 10.0. The lowest BCUT2D eigenvalue weighted by Crippen LogP contribution is -2.10. The second-order valence-electron chi connectivity index (χ2n) is 8.71. The third kappa shape index (κ3) is 6.71. The average Bonchev–Trinajstić information content (AvgIpc) is 2.84. The summed E-state index contributed by atoms with van der Waals surface area (Å²) in [4.78, 5) is 17.4. The minimum atomic E-state index is -2.96. The van der Waals surface area contributed by atoms with E-state index in [2.05, 4.69) is 31.3 Å². The Morgan fingerprint density at radius 2 is 1.92 bits per heavy atom. The van der Waals surface area contributed by atoms with Crippen LogP contribution in [0.2, 0.25) is 0 Å². The van der Waals surface area contributed by atoms with Crippen molar-refractivity contribution in [2.75, 3.05) is 11.9 Å². The molecule has 2 heterocycles. The van der Waals surface area contributed by atoms with Gasteiger partial charge in [-0.3, -0.25) is 0 Å². The lowest BCUT2D eigenvalue weighted by Gasteiger charge is -2.16. The Hall–Kier alpha value is -3.68. The van der Waals surface area contributed by atoms with Gasteiger partial charge in [-0.1, -0.05) is 19.1 Å². The van der Waals surface area contributed by atoms with E-state index < -0.39 is 5.92 Å². The zero-order valence-corrected chi connectivity index (χ0v) is 21.7. The van der Waals surface area contributed by atoms with Crippen LogP contribution >= 0.6 is 0 Å². The molecule has 0 aliphatic carbocycles. The maximum absolute atomic E-state index is 13.7. The van der Waals surface area contributed by atoms with Crippen LogP contribution in [-0.2, 0) is 12.3 Å². The summed E-state index contributed by atoms with van der Waals surface area (Å²) >= 11 is 0. The first kappa shape index (κ1) is 26.9. The number of alkyl halides is 2. The zero-order chi connectivity index (χ0) is 26.3. The molecule has 1 N–H and O–H groups in total. The fourth-order valence-corrected chi connectivity index (χ4v) is 3.69. The highest BCUT2D eigenvalue weighted by atomic mass is 19.3. The number of allylic oxidation sites excluding steroid dienone is 2. The number of aryl methyl sites for hydroxylation is 2. The Balaban J connectivity index is 1.75. The number of aliphatic imine (C=N–C) groups is 1. The van der Waals surface area contributed by atoms with E-state index >= 15 is 0 Å². The highest BCUT2D eigenvalue weighted by Gasteiger charge is 2.25. The summed E-state index contributed by atoms with van der Waals surface area (Å²) in [6, 6.07) is 6.54. The van der Waals surface area contributed by atoms with E-state index in [-0.39, 0.29) is 11.4 Å². The topological polar surface area (TPSA) is 72.3 Å². The predicted octanol–water partition coefficient (Wildman–Crippen LogP) is 7.58. The van der Waals surface area contributed by atoms with Crippen molar-refractivity contribution in [2.45, 2.75) is 60.3 Å². The van der Waals surface area contributed by atoms with E-state index in [0.29, 0.717) is 18.1 Å². The van der Waals surface area contributed by atoms with Crippen LogP contribution < -0.4 is 10.1 Å². The number of nitrogens with zero attached hydrogens (tertiary/aromatic N) is 4. The van der Waals surface area contributed by atoms with E-state index in [0.717, 1.165) is 53.4 Å². The molecule has 0 radical (unpaired) electrons. The molecule has 0 saturated heterocycles. The SMILES string of the molecule is CC=C(C)c1c(N=CCC)ncnc1NCCc1cc(C)c(Oc2cc(C(C)(F)F)ccn2)cc1C. The number of nitrogens with one attached hydrogen (secondary N) is 1. The molecule has 3 aromatic rings. The lowest BCUT2D eigenvalue weighted by molar-refractivity contribution is 0.0171. The van der Waals surface area contributed by atoms with Crippen LogP contribution in [0.5, 0.6) is 11.6 Å². The number of ether oxygens (including phenoxy) is 1. The van der Waals surface area contributed by atoms with Crippen LogP contribution in [-0.4, -0.2) is 27.7 Å². The first-order valence-corrected chi connectivity index (χ1v) is 12.0. The minimum absolute atomic E-state index is 0.134. The van der Waals surface area contributed by atoms with Gasteiger partial charge in [0.1, 0.15) is 17.9 Å². The molecule has 1 aromatic carbocycles. The molecule has 3 rings (SSSR count). The number of hydrogen-bond donors (Lipinski definition) is 1. The van der Waals surface area contributed by atoms with Crippen molar-refractivity contribution in [1.82, 2.24) is 15.0 Å². The van der Waals surface area contributed by atoms with Crippen LogP contribution in [0.1, 0.15) is 61.9 Å². The summed E-state index contributed by atoms with van der Waals surface area (Å²) in [5, 5.41) is 3.44. The van der Waals surface area contributed by atoms with Gasteiger partial charge in [0.05, 0.1) is 5.56 Å². The molecule has 0 unspecified atom stereocenters. The van der Waals surface area contributed by atoms with Gasteiger partial charge in [-0.25, -0.2) is 28.7 Å². The van der Waals surface area contributed by atoms with Gasteiger partial charge in [-0.05, 0) is 74.9 Å².